The molecule has 1 aromatic carbocycles. The normalized spacial score (nSPS) is 9.45. The molecule has 0 spiro atoms. The van der Waals surface area contributed by atoms with Crippen LogP contribution in [0.3, 0.4) is 0 Å². The van der Waals surface area contributed by atoms with Crippen molar-refractivity contribution in [2.24, 2.45) is 0 Å². The Morgan fingerprint density at radius 1 is 0.864 bits per heavy atom. The minimum Gasteiger partial charge on any atom is -0.294 e. The Labute approximate surface area is 129 Å². The molecule has 0 saturated heterocycles. The van der Waals surface area contributed by atoms with Crippen molar-refractivity contribution in [1.82, 2.24) is 0 Å². The molecule has 114 valence electrons. The first-order valence-corrected chi connectivity index (χ1v) is 7.21. The molecule has 0 bridgehead atoms. The van der Waals surface area contributed by atoms with E-state index in [0.29, 0.717) is 25.7 Å². The number of carbonyl (C=O) groups is 2. The first kappa shape index (κ1) is 17.5. The van der Waals surface area contributed by atoms with Gasteiger partial charge in [0, 0.05) is 12.8 Å². The van der Waals surface area contributed by atoms with Crippen LogP contribution in [0.2, 0.25) is 0 Å². The summed E-state index contributed by atoms with van der Waals surface area (Å²) in [5, 5.41) is 0. The second kappa shape index (κ2) is 10.2. The van der Waals surface area contributed by atoms with Gasteiger partial charge in [0.05, 0.1) is 12.2 Å². The SMILES string of the molecule is O=C=CC(=O)CCCc1cccc(CCCC(=O)C=C=O)c1. The Bertz CT molecular complexity index is 566. The van der Waals surface area contributed by atoms with Gasteiger partial charge in [0.15, 0.2) is 11.6 Å². The molecule has 0 radical (unpaired) electrons. The molecule has 0 saturated carbocycles. The van der Waals surface area contributed by atoms with E-state index in [-0.39, 0.29) is 11.6 Å². The van der Waals surface area contributed by atoms with Crippen LogP contribution < -0.4 is 0 Å². The summed E-state index contributed by atoms with van der Waals surface area (Å²) >= 11 is 0. The average molecular weight is 298 g/mol. The molecule has 0 aliphatic carbocycles. The van der Waals surface area contributed by atoms with E-state index in [1.165, 1.54) is 11.9 Å². The van der Waals surface area contributed by atoms with Crippen molar-refractivity contribution in [3.05, 3.63) is 47.5 Å². The first-order valence-electron chi connectivity index (χ1n) is 7.21. The van der Waals surface area contributed by atoms with E-state index in [2.05, 4.69) is 6.07 Å². The Morgan fingerprint density at radius 2 is 1.32 bits per heavy atom. The molecule has 1 rings (SSSR count). The molecule has 0 atom stereocenters. The van der Waals surface area contributed by atoms with E-state index >= 15 is 0 Å². The average Bonchev–Trinajstić information content (AvgIpc) is 2.48. The lowest BCUT2D eigenvalue weighted by Gasteiger charge is -2.04. The number of rotatable bonds is 10. The summed E-state index contributed by atoms with van der Waals surface area (Å²) in [6.07, 6.45) is 5.44. The molecular weight excluding hydrogens is 280 g/mol. The van der Waals surface area contributed by atoms with Crippen LogP contribution in [-0.2, 0) is 32.0 Å². The van der Waals surface area contributed by atoms with Gasteiger partial charge in [-0.1, -0.05) is 24.3 Å². The van der Waals surface area contributed by atoms with Gasteiger partial charge in [-0.25, -0.2) is 9.59 Å². The molecule has 0 unspecified atom stereocenters. The van der Waals surface area contributed by atoms with Crippen molar-refractivity contribution in [3.8, 4) is 0 Å². The number of aryl methyl sites for hydroxylation is 2. The van der Waals surface area contributed by atoms with Gasteiger partial charge in [-0.15, -0.1) is 0 Å². The number of benzene rings is 1. The Kier molecular flexibility index (Phi) is 8.14. The summed E-state index contributed by atoms with van der Waals surface area (Å²) < 4.78 is 0. The monoisotopic (exact) mass is 298 g/mol. The van der Waals surface area contributed by atoms with Crippen molar-refractivity contribution in [2.45, 2.75) is 38.5 Å². The lowest BCUT2D eigenvalue weighted by atomic mass is 10.0. The van der Waals surface area contributed by atoms with Gasteiger partial charge in [-0.3, -0.25) is 9.59 Å². The van der Waals surface area contributed by atoms with Crippen LogP contribution in [0.25, 0.3) is 0 Å². The van der Waals surface area contributed by atoms with Crippen LogP contribution in [0, 0.1) is 0 Å². The molecule has 0 heterocycles. The zero-order valence-corrected chi connectivity index (χ0v) is 12.3. The Morgan fingerprint density at radius 3 is 1.73 bits per heavy atom. The van der Waals surface area contributed by atoms with Crippen molar-refractivity contribution in [3.63, 3.8) is 0 Å². The highest BCUT2D eigenvalue weighted by atomic mass is 16.1. The molecule has 0 N–H and O–H groups in total. The van der Waals surface area contributed by atoms with Gasteiger partial charge in [-0.05, 0) is 36.8 Å². The summed E-state index contributed by atoms with van der Waals surface area (Å²) in [5.41, 5.74) is 2.25. The maximum absolute atomic E-state index is 11.2. The number of hydrogen-bond acceptors (Lipinski definition) is 4. The third-order valence-electron chi connectivity index (χ3n) is 3.21. The van der Waals surface area contributed by atoms with Crippen molar-refractivity contribution in [2.75, 3.05) is 0 Å². The maximum atomic E-state index is 11.2. The van der Waals surface area contributed by atoms with E-state index in [9.17, 15) is 19.2 Å². The smallest absolute Gasteiger partial charge is 0.166 e. The van der Waals surface area contributed by atoms with Crippen LogP contribution in [0.4, 0.5) is 0 Å². The summed E-state index contributed by atoms with van der Waals surface area (Å²) in [7, 11) is 0. The van der Waals surface area contributed by atoms with Crippen molar-refractivity contribution >= 4 is 23.4 Å². The summed E-state index contributed by atoms with van der Waals surface area (Å²) in [6.45, 7) is 0. The largest absolute Gasteiger partial charge is 0.294 e. The Balaban J connectivity index is 2.41. The topological polar surface area (TPSA) is 68.3 Å². The van der Waals surface area contributed by atoms with Gasteiger partial charge >= 0.3 is 0 Å². The van der Waals surface area contributed by atoms with E-state index in [1.807, 2.05) is 18.2 Å². The van der Waals surface area contributed by atoms with Crippen molar-refractivity contribution < 1.29 is 19.2 Å². The Hall–Kier alpha value is -2.54. The minimum absolute atomic E-state index is 0.201. The number of carbonyl (C=O) groups excluding carboxylic acids is 4. The second-order valence-electron chi connectivity index (χ2n) is 4.98. The summed E-state index contributed by atoms with van der Waals surface area (Å²) in [5.74, 6) is 2.57. The van der Waals surface area contributed by atoms with E-state index in [0.717, 1.165) is 36.1 Å². The third-order valence-corrected chi connectivity index (χ3v) is 3.21. The van der Waals surface area contributed by atoms with Gasteiger partial charge in [0.25, 0.3) is 0 Å². The quantitative estimate of drug-likeness (QED) is 0.491. The van der Waals surface area contributed by atoms with E-state index in [4.69, 9.17) is 0 Å². The van der Waals surface area contributed by atoms with Crippen LogP contribution in [0.5, 0.6) is 0 Å². The van der Waals surface area contributed by atoms with Crippen LogP contribution >= 0.6 is 0 Å². The highest BCUT2D eigenvalue weighted by molar-refractivity contribution is 5.96. The molecule has 0 fully saturated rings. The summed E-state index contributed by atoms with van der Waals surface area (Å²) in [4.78, 5) is 42.4. The fourth-order valence-corrected chi connectivity index (χ4v) is 2.15. The molecular formula is C18H18O4. The molecule has 0 aliphatic rings. The highest BCUT2D eigenvalue weighted by Gasteiger charge is 2.02. The predicted octanol–water partition coefficient (Wildman–Crippen LogP) is 2.25. The summed E-state index contributed by atoms with van der Waals surface area (Å²) in [6, 6.07) is 7.98. The molecule has 0 amide bonds. The maximum Gasteiger partial charge on any atom is 0.166 e. The van der Waals surface area contributed by atoms with Gasteiger partial charge in [-0.2, -0.15) is 0 Å². The predicted molar refractivity (Wildman–Crippen MR) is 82.9 cm³/mol. The highest BCUT2D eigenvalue weighted by Crippen LogP contribution is 2.12. The standard InChI is InChI=1S/C18H18O4/c19-12-10-17(21)8-2-6-15-4-1-5-16(14-15)7-3-9-18(22)11-13-20/h1,4-5,10-11,14H,2-3,6-9H2. The lowest BCUT2D eigenvalue weighted by Crippen LogP contribution is -1.97. The third kappa shape index (κ3) is 7.30. The molecule has 22 heavy (non-hydrogen) atoms. The lowest BCUT2D eigenvalue weighted by molar-refractivity contribution is -0.115. The minimum atomic E-state index is -0.201. The van der Waals surface area contributed by atoms with Crippen LogP contribution in [-0.4, -0.2) is 23.4 Å². The van der Waals surface area contributed by atoms with E-state index in [1.54, 1.807) is 0 Å². The van der Waals surface area contributed by atoms with Crippen LogP contribution in [0.1, 0.15) is 36.8 Å². The van der Waals surface area contributed by atoms with Gasteiger partial charge in [0.1, 0.15) is 11.9 Å². The van der Waals surface area contributed by atoms with Gasteiger partial charge < -0.3 is 0 Å². The van der Waals surface area contributed by atoms with E-state index < -0.39 is 0 Å². The molecule has 1 aromatic rings. The van der Waals surface area contributed by atoms with Crippen molar-refractivity contribution in [1.29, 1.82) is 0 Å². The van der Waals surface area contributed by atoms with Gasteiger partial charge in [0.2, 0.25) is 0 Å². The zero-order valence-electron chi connectivity index (χ0n) is 12.3. The number of allylic oxidation sites excluding steroid dienone is 2. The molecule has 0 aromatic heterocycles. The molecule has 4 heteroatoms. The first-order chi connectivity index (χ1) is 10.7. The number of ketones is 2. The van der Waals surface area contributed by atoms with Crippen LogP contribution in [0.15, 0.2) is 36.4 Å². The fraction of sp³-hybridized carbons (Fsp3) is 0.333. The zero-order chi connectivity index (χ0) is 16.2. The second-order valence-corrected chi connectivity index (χ2v) is 4.98. The number of hydrogen-bond donors (Lipinski definition) is 0. The molecule has 0 aliphatic heterocycles. The molecule has 4 nitrogen and oxygen atoms in total. The fourth-order valence-electron chi connectivity index (χ4n) is 2.15.